The van der Waals surface area contributed by atoms with E-state index in [1.165, 1.54) is 4.90 Å². The van der Waals surface area contributed by atoms with Crippen molar-refractivity contribution in [1.29, 1.82) is 0 Å². The van der Waals surface area contributed by atoms with E-state index in [1.54, 1.807) is 37.4 Å². The number of hydrogen-bond acceptors (Lipinski definition) is 5. The molecule has 2 aliphatic rings. The molecule has 2 aliphatic heterocycles. The van der Waals surface area contributed by atoms with E-state index in [1.807, 2.05) is 51.1 Å². The van der Waals surface area contributed by atoms with Crippen LogP contribution in [0.1, 0.15) is 34.2 Å². The first-order valence-corrected chi connectivity index (χ1v) is 11.2. The zero-order chi connectivity index (χ0) is 24.2. The first-order valence-electron chi connectivity index (χ1n) is 11.2. The maximum Gasteiger partial charge on any atom is 0.327 e. The molecule has 2 atom stereocenters. The van der Waals surface area contributed by atoms with Crippen LogP contribution in [0.3, 0.4) is 0 Å². The molecule has 0 N–H and O–H groups in total. The highest BCUT2D eigenvalue weighted by molar-refractivity contribution is 6.24. The summed E-state index contributed by atoms with van der Waals surface area (Å²) in [6, 6.07) is 18.1. The van der Waals surface area contributed by atoms with Crippen molar-refractivity contribution in [2.75, 3.05) is 12.0 Å². The molecular weight excluding hydrogens is 430 g/mol. The van der Waals surface area contributed by atoms with E-state index in [-0.39, 0.29) is 12.3 Å². The van der Waals surface area contributed by atoms with E-state index in [0.29, 0.717) is 28.3 Å². The predicted molar refractivity (Wildman–Crippen MR) is 127 cm³/mol. The van der Waals surface area contributed by atoms with Crippen molar-refractivity contribution >= 4 is 23.5 Å². The Morgan fingerprint density at radius 2 is 1.62 bits per heavy atom. The highest BCUT2D eigenvalue weighted by atomic mass is 16.5. The van der Waals surface area contributed by atoms with E-state index in [4.69, 9.17) is 9.47 Å². The molecular formula is C28H25NO5. The van der Waals surface area contributed by atoms with E-state index >= 15 is 0 Å². The maximum absolute atomic E-state index is 14.0. The fourth-order valence-corrected chi connectivity index (χ4v) is 5.56. The average Bonchev–Trinajstić information content (AvgIpc) is 3.26. The van der Waals surface area contributed by atoms with Gasteiger partial charge in [0.25, 0.3) is 0 Å². The molecule has 0 aromatic heterocycles. The van der Waals surface area contributed by atoms with Crippen molar-refractivity contribution < 1.29 is 23.9 Å². The predicted octanol–water partition coefficient (Wildman–Crippen LogP) is 4.41. The average molecular weight is 456 g/mol. The van der Waals surface area contributed by atoms with Crippen LogP contribution in [0.15, 0.2) is 60.7 Å². The van der Waals surface area contributed by atoms with Gasteiger partial charge >= 0.3 is 5.97 Å². The maximum atomic E-state index is 14.0. The molecule has 172 valence electrons. The third kappa shape index (κ3) is 2.98. The lowest BCUT2D eigenvalue weighted by atomic mass is 9.65. The Bertz CT molecular complexity index is 1320. The smallest absolute Gasteiger partial charge is 0.327 e. The van der Waals surface area contributed by atoms with Crippen LogP contribution in [-0.2, 0) is 19.8 Å². The molecule has 34 heavy (non-hydrogen) atoms. The van der Waals surface area contributed by atoms with Crippen LogP contribution in [0.2, 0.25) is 0 Å². The third-order valence-corrected chi connectivity index (χ3v) is 6.89. The molecule has 6 heteroatoms. The van der Waals surface area contributed by atoms with E-state index in [9.17, 15) is 14.4 Å². The Kier molecular flexibility index (Phi) is 5.04. The molecule has 3 aromatic rings. The molecule has 2 heterocycles. The molecule has 0 aliphatic carbocycles. The first kappa shape index (κ1) is 21.9. The topological polar surface area (TPSA) is 72.9 Å². The number of benzene rings is 3. The van der Waals surface area contributed by atoms with Gasteiger partial charge in [-0.1, -0.05) is 48.0 Å². The quantitative estimate of drug-likeness (QED) is 0.331. The molecule has 0 saturated carbocycles. The molecule has 0 unspecified atom stereocenters. The monoisotopic (exact) mass is 455 g/mol. The van der Waals surface area contributed by atoms with Gasteiger partial charge in [0.1, 0.15) is 16.9 Å². The van der Waals surface area contributed by atoms with Crippen LogP contribution in [0.25, 0.3) is 0 Å². The number of hydrogen-bond donors (Lipinski definition) is 0. The molecule has 0 radical (unpaired) electrons. The molecule has 6 nitrogen and oxygen atoms in total. The van der Waals surface area contributed by atoms with Crippen molar-refractivity contribution in [3.05, 3.63) is 88.5 Å². The number of rotatable bonds is 4. The number of carbonyl (C=O) groups excluding carboxylic acids is 3. The van der Waals surface area contributed by atoms with Gasteiger partial charge in [0.2, 0.25) is 11.8 Å². The van der Waals surface area contributed by atoms with Crippen LogP contribution in [0, 0.1) is 26.7 Å². The second-order valence-corrected chi connectivity index (χ2v) is 9.00. The van der Waals surface area contributed by atoms with Crippen LogP contribution < -0.4 is 14.4 Å². The highest BCUT2D eigenvalue weighted by Gasteiger charge is 2.62. The summed E-state index contributed by atoms with van der Waals surface area (Å²) < 4.78 is 11.1. The van der Waals surface area contributed by atoms with Gasteiger partial charge < -0.3 is 9.47 Å². The molecule has 1 saturated heterocycles. The van der Waals surface area contributed by atoms with Gasteiger partial charge in [0.05, 0.1) is 18.7 Å². The van der Waals surface area contributed by atoms with Crippen LogP contribution in [0.4, 0.5) is 5.69 Å². The summed E-state index contributed by atoms with van der Waals surface area (Å²) >= 11 is 0. The van der Waals surface area contributed by atoms with Gasteiger partial charge in [-0.05, 0) is 55.7 Å². The van der Waals surface area contributed by atoms with Crippen molar-refractivity contribution in [2.45, 2.75) is 32.6 Å². The summed E-state index contributed by atoms with van der Waals surface area (Å²) in [5.74, 6) is -1.34. The summed E-state index contributed by atoms with van der Waals surface area (Å²) in [4.78, 5) is 42.4. The van der Waals surface area contributed by atoms with Gasteiger partial charge in [-0.2, -0.15) is 0 Å². The summed E-state index contributed by atoms with van der Waals surface area (Å²) in [5.41, 5.74) is 3.00. The Hall–Kier alpha value is -3.93. The van der Waals surface area contributed by atoms with Crippen molar-refractivity contribution in [3.8, 4) is 11.5 Å². The number of carbonyl (C=O) groups is 3. The molecule has 3 aromatic carbocycles. The van der Waals surface area contributed by atoms with Gasteiger partial charge in [-0.3, -0.25) is 14.4 Å². The number of esters is 1. The number of aryl methyl sites for hydroxylation is 3. The summed E-state index contributed by atoms with van der Waals surface area (Å²) in [6.45, 7) is 5.75. The molecule has 0 bridgehead atoms. The lowest BCUT2D eigenvalue weighted by molar-refractivity contribution is -0.141. The van der Waals surface area contributed by atoms with E-state index in [0.717, 1.165) is 16.7 Å². The van der Waals surface area contributed by atoms with Crippen molar-refractivity contribution in [1.82, 2.24) is 0 Å². The van der Waals surface area contributed by atoms with E-state index in [2.05, 4.69) is 0 Å². The van der Waals surface area contributed by atoms with Gasteiger partial charge in [-0.25, -0.2) is 4.90 Å². The molecule has 0 spiro atoms. The van der Waals surface area contributed by atoms with E-state index < -0.39 is 23.2 Å². The third-order valence-electron chi connectivity index (χ3n) is 6.89. The Morgan fingerprint density at radius 3 is 2.26 bits per heavy atom. The lowest BCUT2D eigenvalue weighted by Gasteiger charge is -2.31. The standard InChI is InChI=1S/C28H25NO5/c1-16-12-17(2)25(18(3)13-16)29-24(30)15-22(26(29)31)28(19-8-6-5-7-9-19)21-14-20(33-4)10-11-23(21)34-27(28)32/h5-14,22H,15H2,1-4H3/t22-,28+/m1/s1. The normalized spacial score (nSPS) is 21.6. The van der Waals surface area contributed by atoms with Crippen LogP contribution >= 0.6 is 0 Å². The number of methoxy groups -OCH3 is 1. The second kappa shape index (κ2) is 7.83. The fraction of sp³-hybridized carbons (Fsp3) is 0.250. The molecule has 1 fully saturated rings. The summed E-state index contributed by atoms with van der Waals surface area (Å²) in [6.07, 6.45) is -0.105. The highest BCUT2D eigenvalue weighted by Crippen LogP contribution is 2.53. The Balaban J connectivity index is 1.73. The minimum atomic E-state index is -1.46. The minimum Gasteiger partial charge on any atom is -0.497 e. The largest absolute Gasteiger partial charge is 0.497 e. The zero-order valence-corrected chi connectivity index (χ0v) is 19.5. The number of imide groups is 1. The molecule has 5 rings (SSSR count). The number of ether oxygens (including phenoxy) is 2. The number of fused-ring (bicyclic) bond motifs is 1. The second-order valence-electron chi connectivity index (χ2n) is 9.00. The SMILES string of the molecule is COc1ccc2c(c1)[C@@](c1ccccc1)([C@@H]1CC(=O)N(c3c(C)cc(C)cc3C)C1=O)C(=O)O2. The number of nitrogens with zero attached hydrogens (tertiary/aromatic N) is 1. The van der Waals surface area contributed by atoms with Crippen molar-refractivity contribution in [2.24, 2.45) is 5.92 Å². The van der Waals surface area contributed by atoms with Gasteiger partial charge in [-0.15, -0.1) is 0 Å². The Labute approximate surface area is 198 Å². The molecule has 2 amide bonds. The lowest BCUT2D eigenvalue weighted by Crippen LogP contribution is -2.46. The first-order chi connectivity index (χ1) is 16.3. The van der Waals surface area contributed by atoms with Crippen molar-refractivity contribution in [3.63, 3.8) is 0 Å². The number of amides is 2. The Morgan fingerprint density at radius 1 is 0.941 bits per heavy atom. The zero-order valence-electron chi connectivity index (χ0n) is 19.5. The van der Waals surface area contributed by atoms with Gasteiger partial charge in [0.15, 0.2) is 0 Å². The van der Waals surface area contributed by atoms with Crippen LogP contribution in [-0.4, -0.2) is 24.9 Å². The fourth-order valence-electron chi connectivity index (χ4n) is 5.56. The van der Waals surface area contributed by atoms with Crippen LogP contribution in [0.5, 0.6) is 11.5 Å². The number of anilines is 1. The summed E-state index contributed by atoms with van der Waals surface area (Å²) in [7, 11) is 1.54. The van der Waals surface area contributed by atoms with Gasteiger partial charge in [0, 0.05) is 12.0 Å². The summed E-state index contributed by atoms with van der Waals surface area (Å²) in [5, 5.41) is 0. The minimum absolute atomic E-state index is 0.105.